The summed E-state index contributed by atoms with van der Waals surface area (Å²) < 4.78 is 7.02. The Morgan fingerprint density at radius 1 is 1.00 bits per heavy atom. The second-order valence-corrected chi connectivity index (χ2v) is 9.53. The molecule has 42 heavy (non-hydrogen) atoms. The van der Waals surface area contributed by atoms with Gasteiger partial charge in [0.05, 0.1) is 18.3 Å². The molecule has 0 fully saturated rings. The number of aromatic nitrogens is 3. The molecule has 0 radical (unpaired) electrons. The third-order valence-electron chi connectivity index (χ3n) is 6.60. The number of hydrogen-bond donors (Lipinski definition) is 1. The second-order valence-electron chi connectivity index (χ2n) is 9.53. The van der Waals surface area contributed by atoms with Crippen LogP contribution in [0.5, 0.6) is 5.88 Å². The summed E-state index contributed by atoms with van der Waals surface area (Å²) >= 11 is 0. The Hall–Kier alpha value is -5.19. The number of nitrogens with one attached hydrogen (secondary N) is 1. The van der Waals surface area contributed by atoms with E-state index in [4.69, 9.17) is 4.74 Å². The molecule has 3 aromatic rings. The van der Waals surface area contributed by atoms with Crippen LogP contribution in [0.2, 0.25) is 0 Å². The predicted octanol–water partition coefficient (Wildman–Crippen LogP) is 3.32. The molecular formula is C31H31N5O6. The third kappa shape index (κ3) is 7.30. The summed E-state index contributed by atoms with van der Waals surface area (Å²) in [7, 11) is 0. The van der Waals surface area contributed by atoms with Crippen LogP contribution in [0, 0.1) is 0 Å². The first kappa shape index (κ1) is 29.8. The van der Waals surface area contributed by atoms with Crippen LogP contribution in [-0.2, 0) is 25.7 Å². The molecule has 0 saturated heterocycles. The number of carbonyl (C=O) groups excluding carboxylic acids is 4. The van der Waals surface area contributed by atoms with Gasteiger partial charge in [0.2, 0.25) is 29.8 Å². The topological polar surface area (TPSA) is 141 Å². The fourth-order valence-electron chi connectivity index (χ4n) is 4.42. The summed E-state index contributed by atoms with van der Waals surface area (Å²) in [4.78, 5) is 73.6. The predicted molar refractivity (Wildman–Crippen MR) is 155 cm³/mol. The van der Waals surface area contributed by atoms with E-state index in [2.05, 4.69) is 22.2 Å². The van der Waals surface area contributed by atoms with Crippen molar-refractivity contribution in [3.05, 3.63) is 94.8 Å². The number of benzene rings is 1. The van der Waals surface area contributed by atoms with Crippen LogP contribution >= 0.6 is 0 Å². The number of hydrogen-bond acceptors (Lipinski definition) is 8. The summed E-state index contributed by atoms with van der Waals surface area (Å²) in [6, 6.07) is 13.9. The summed E-state index contributed by atoms with van der Waals surface area (Å²) in [5, 5.41) is 2.33. The Bertz CT molecular complexity index is 1560. The van der Waals surface area contributed by atoms with E-state index < -0.39 is 29.6 Å². The molecule has 0 unspecified atom stereocenters. The summed E-state index contributed by atoms with van der Waals surface area (Å²) in [6.45, 7) is 1.72. The van der Waals surface area contributed by atoms with Gasteiger partial charge in [-0.25, -0.2) is 9.97 Å². The number of anilines is 1. The lowest BCUT2D eigenvalue weighted by Crippen LogP contribution is -2.41. The van der Waals surface area contributed by atoms with Gasteiger partial charge in [-0.05, 0) is 24.6 Å². The van der Waals surface area contributed by atoms with E-state index in [1.807, 2.05) is 6.07 Å². The van der Waals surface area contributed by atoms with Gasteiger partial charge in [0.25, 0.3) is 5.56 Å². The second kappa shape index (κ2) is 14.4. The highest BCUT2D eigenvalue weighted by Crippen LogP contribution is 2.21. The van der Waals surface area contributed by atoms with Crippen molar-refractivity contribution in [1.29, 1.82) is 0 Å². The van der Waals surface area contributed by atoms with Crippen LogP contribution in [0.1, 0.15) is 32.6 Å². The van der Waals surface area contributed by atoms with Crippen molar-refractivity contribution in [3.8, 4) is 17.3 Å². The molecule has 4 rings (SSSR count). The average molecular weight is 570 g/mol. The quantitative estimate of drug-likeness (QED) is 0.135. The first-order valence-corrected chi connectivity index (χ1v) is 13.6. The lowest BCUT2D eigenvalue weighted by Gasteiger charge is -2.26. The minimum absolute atomic E-state index is 0.0159. The highest BCUT2D eigenvalue weighted by molar-refractivity contribution is 6.48. The molecule has 0 saturated carbocycles. The smallest absolute Gasteiger partial charge is 0.278 e. The number of carbonyl (C=O) groups is 4. The molecule has 2 amide bonds. The third-order valence-corrected chi connectivity index (χ3v) is 6.60. The summed E-state index contributed by atoms with van der Waals surface area (Å²) in [5.41, 5.74) is -0.0805. The van der Waals surface area contributed by atoms with Crippen molar-refractivity contribution < 1.29 is 23.9 Å². The number of allylic oxidation sites excluding steroid dienone is 2. The van der Waals surface area contributed by atoms with Crippen LogP contribution in [0.3, 0.4) is 0 Å². The number of ketones is 2. The molecule has 1 aliphatic carbocycles. The number of ether oxygens (including phenoxy) is 1. The number of amides is 2. The first-order valence-electron chi connectivity index (χ1n) is 13.6. The molecule has 216 valence electrons. The SMILES string of the molecule is CCCCCCN(CC1=C(Oc2ccccn2)C=CC(=O)C1=O)C(=O)Cn1c(-c2ccccc2)ncc(NC=O)c1=O. The van der Waals surface area contributed by atoms with Gasteiger partial charge < -0.3 is 15.0 Å². The highest BCUT2D eigenvalue weighted by Gasteiger charge is 2.29. The maximum atomic E-state index is 13.9. The highest BCUT2D eigenvalue weighted by atomic mass is 16.5. The Labute approximate surface area is 242 Å². The number of pyridine rings is 1. The van der Waals surface area contributed by atoms with Gasteiger partial charge in [-0.15, -0.1) is 0 Å². The molecule has 1 aromatic carbocycles. The van der Waals surface area contributed by atoms with Gasteiger partial charge in [0.15, 0.2) is 0 Å². The molecule has 0 aliphatic heterocycles. The molecule has 11 heteroatoms. The standard InChI is InChI=1S/C31H31N5O6/c1-2-3-4-10-17-35(19-23-26(15-14-25(38)29(23)40)42-27-13-8-9-16-32-27)28(39)20-36-30(22-11-6-5-7-12-22)33-18-24(31(36)41)34-21-37/h5-9,11-16,18,21H,2-4,10,17,19-20H2,1H3,(H,34,37). The van der Waals surface area contributed by atoms with Gasteiger partial charge in [-0.2, -0.15) is 0 Å². The van der Waals surface area contributed by atoms with Crippen molar-refractivity contribution in [1.82, 2.24) is 19.4 Å². The molecular weight excluding hydrogens is 538 g/mol. The number of unbranched alkanes of at least 4 members (excludes halogenated alkanes) is 3. The normalized spacial score (nSPS) is 12.8. The van der Waals surface area contributed by atoms with E-state index in [0.29, 0.717) is 18.4 Å². The van der Waals surface area contributed by atoms with Crippen molar-refractivity contribution in [2.24, 2.45) is 0 Å². The fourth-order valence-corrected chi connectivity index (χ4v) is 4.42. The van der Waals surface area contributed by atoms with Gasteiger partial charge in [0.1, 0.15) is 23.8 Å². The van der Waals surface area contributed by atoms with Gasteiger partial charge >= 0.3 is 0 Å². The molecule has 0 bridgehead atoms. The van der Waals surface area contributed by atoms with E-state index in [1.165, 1.54) is 27.9 Å². The van der Waals surface area contributed by atoms with Gasteiger partial charge in [-0.3, -0.25) is 28.5 Å². The Kier molecular flexibility index (Phi) is 10.2. The maximum Gasteiger partial charge on any atom is 0.278 e. The van der Waals surface area contributed by atoms with Crippen molar-refractivity contribution in [3.63, 3.8) is 0 Å². The molecule has 1 aliphatic rings. The Morgan fingerprint density at radius 2 is 1.79 bits per heavy atom. The van der Waals surface area contributed by atoms with Crippen molar-refractivity contribution in [2.75, 3.05) is 18.4 Å². The molecule has 2 heterocycles. The fraction of sp³-hybridized carbons (Fsp3) is 0.258. The number of Topliss-reactive ketones (excluding diaryl/α,β-unsaturated/α-hetero) is 1. The zero-order chi connectivity index (χ0) is 29.9. The molecule has 1 N–H and O–H groups in total. The summed E-state index contributed by atoms with van der Waals surface area (Å²) in [5.74, 6) is -1.41. The molecule has 11 nitrogen and oxygen atoms in total. The van der Waals surface area contributed by atoms with E-state index in [-0.39, 0.29) is 41.8 Å². The first-order chi connectivity index (χ1) is 20.4. The monoisotopic (exact) mass is 569 g/mol. The summed E-state index contributed by atoms with van der Waals surface area (Å²) in [6.07, 6.45) is 9.09. The Morgan fingerprint density at radius 3 is 2.50 bits per heavy atom. The van der Waals surface area contributed by atoms with Crippen LogP contribution in [-0.4, -0.2) is 56.4 Å². The minimum atomic E-state index is -0.782. The molecule has 2 aromatic heterocycles. The van der Waals surface area contributed by atoms with E-state index in [9.17, 15) is 24.0 Å². The lowest BCUT2D eigenvalue weighted by atomic mass is 10.00. The van der Waals surface area contributed by atoms with E-state index >= 15 is 0 Å². The minimum Gasteiger partial charge on any atom is -0.439 e. The van der Waals surface area contributed by atoms with E-state index in [1.54, 1.807) is 42.5 Å². The number of nitrogens with zero attached hydrogens (tertiary/aromatic N) is 4. The average Bonchev–Trinajstić information content (AvgIpc) is 3.01. The largest absolute Gasteiger partial charge is 0.439 e. The van der Waals surface area contributed by atoms with E-state index in [0.717, 1.165) is 25.3 Å². The van der Waals surface area contributed by atoms with Crippen LogP contribution in [0.15, 0.2) is 89.2 Å². The zero-order valence-electron chi connectivity index (χ0n) is 23.2. The Balaban J connectivity index is 1.70. The van der Waals surface area contributed by atoms with Gasteiger partial charge in [-0.1, -0.05) is 62.6 Å². The van der Waals surface area contributed by atoms with Gasteiger partial charge in [0, 0.05) is 24.4 Å². The zero-order valence-corrected chi connectivity index (χ0v) is 23.2. The van der Waals surface area contributed by atoms with Crippen LogP contribution in [0.4, 0.5) is 5.69 Å². The molecule has 0 atom stereocenters. The number of rotatable bonds is 14. The van der Waals surface area contributed by atoms with Crippen molar-refractivity contribution >= 4 is 29.6 Å². The van der Waals surface area contributed by atoms with Crippen molar-refractivity contribution in [2.45, 2.75) is 39.2 Å². The maximum absolute atomic E-state index is 13.9. The lowest BCUT2D eigenvalue weighted by molar-refractivity contribution is -0.133. The van der Waals surface area contributed by atoms with Crippen LogP contribution < -0.4 is 15.6 Å². The molecule has 0 spiro atoms. The van der Waals surface area contributed by atoms with Crippen LogP contribution in [0.25, 0.3) is 11.4 Å².